The van der Waals surface area contributed by atoms with E-state index in [2.05, 4.69) is 9.97 Å². The third-order valence-electron chi connectivity index (χ3n) is 0.906. The summed E-state index contributed by atoms with van der Waals surface area (Å²) in [5, 5.41) is 0.407. The molecule has 0 fully saturated rings. The Labute approximate surface area is 57.9 Å². The normalized spacial score (nSPS) is 9.56. The molecule has 0 aliphatic heterocycles. The van der Waals surface area contributed by atoms with E-state index in [4.69, 9.17) is 17.3 Å². The number of hydrogen-bond acceptors (Lipinski definition) is 3. The van der Waals surface area contributed by atoms with Crippen molar-refractivity contribution in [2.24, 2.45) is 0 Å². The molecule has 1 rings (SSSR count). The number of nitrogen functional groups attached to an aromatic ring is 1. The zero-order valence-corrected chi connectivity index (χ0v) is 5.68. The summed E-state index contributed by atoms with van der Waals surface area (Å²) in [6.07, 6.45) is 1.43. The number of aryl methyl sites for hydroxylation is 1. The molecule has 0 radical (unpaired) electrons. The zero-order chi connectivity index (χ0) is 6.85. The molecule has 3 nitrogen and oxygen atoms in total. The van der Waals surface area contributed by atoms with Crippen molar-refractivity contribution in [2.45, 2.75) is 6.92 Å². The molecular weight excluding hydrogens is 138 g/mol. The molecule has 1 aromatic rings. The van der Waals surface area contributed by atoms with Crippen molar-refractivity contribution >= 4 is 17.4 Å². The van der Waals surface area contributed by atoms with Gasteiger partial charge in [-0.15, -0.1) is 0 Å². The Bertz CT molecular complexity index is 223. The highest BCUT2D eigenvalue weighted by atomic mass is 35.5. The quantitative estimate of drug-likeness (QED) is 0.590. The van der Waals surface area contributed by atoms with Crippen LogP contribution in [0.25, 0.3) is 0 Å². The maximum atomic E-state index is 5.55. The third-order valence-corrected chi connectivity index (χ3v) is 1.28. The van der Waals surface area contributed by atoms with Crippen LogP contribution in [-0.2, 0) is 0 Å². The van der Waals surface area contributed by atoms with E-state index in [1.807, 2.05) is 0 Å². The first-order chi connectivity index (χ1) is 4.20. The van der Waals surface area contributed by atoms with Crippen LogP contribution in [0.4, 0.5) is 5.82 Å². The predicted molar refractivity (Wildman–Crippen MR) is 36.2 cm³/mol. The van der Waals surface area contributed by atoms with Crippen LogP contribution in [0.3, 0.4) is 0 Å². The number of nitrogens with zero attached hydrogens (tertiary/aromatic N) is 2. The summed E-state index contributed by atoms with van der Waals surface area (Å²) in [7, 11) is 0. The maximum absolute atomic E-state index is 5.55. The lowest BCUT2D eigenvalue weighted by atomic mass is 10.5. The summed E-state index contributed by atoms with van der Waals surface area (Å²) in [4.78, 5) is 7.61. The topological polar surface area (TPSA) is 51.8 Å². The predicted octanol–water partition coefficient (Wildman–Crippen LogP) is 1.02. The van der Waals surface area contributed by atoms with Crippen molar-refractivity contribution in [1.29, 1.82) is 0 Å². The summed E-state index contributed by atoms with van der Waals surface area (Å²) in [6.45, 7) is 1.76. The van der Waals surface area contributed by atoms with Gasteiger partial charge in [-0.2, -0.15) is 0 Å². The van der Waals surface area contributed by atoms with E-state index in [1.54, 1.807) is 6.92 Å². The summed E-state index contributed by atoms with van der Waals surface area (Å²) in [6, 6.07) is 0. The fourth-order valence-corrected chi connectivity index (χ4v) is 0.576. The Hall–Kier alpha value is -0.830. The Morgan fingerprint density at radius 2 is 2.33 bits per heavy atom. The molecule has 0 amide bonds. The molecule has 1 heterocycles. The molecule has 0 unspecified atom stereocenters. The number of nitrogens with two attached hydrogens (primary N) is 1. The smallest absolute Gasteiger partial charge is 0.150 e. The zero-order valence-electron chi connectivity index (χ0n) is 4.93. The standard InChI is InChI=1S/C5H6ClN3/c1-3-5(6)8-2-4(7)9-3/h2H,1H3,(H2,7,9). The first-order valence-electron chi connectivity index (χ1n) is 2.45. The Kier molecular flexibility index (Phi) is 1.53. The van der Waals surface area contributed by atoms with Crippen molar-refractivity contribution in [1.82, 2.24) is 9.97 Å². The molecule has 2 N–H and O–H groups in total. The highest BCUT2D eigenvalue weighted by Gasteiger charge is 1.95. The fraction of sp³-hybridized carbons (Fsp3) is 0.200. The fourth-order valence-electron chi connectivity index (χ4n) is 0.485. The minimum Gasteiger partial charge on any atom is -0.382 e. The molecule has 0 bridgehead atoms. The molecule has 0 saturated carbocycles. The van der Waals surface area contributed by atoms with Gasteiger partial charge < -0.3 is 5.73 Å². The monoisotopic (exact) mass is 143 g/mol. The van der Waals surface area contributed by atoms with Gasteiger partial charge in [-0.1, -0.05) is 11.6 Å². The maximum Gasteiger partial charge on any atom is 0.150 e. The molecule has 0 saturated heterocycles. The SMILES string of the molecule is Cc1nc(N)cnc1Cl. The van der Waals surface area contributed by atoms with Gasteiger partial charge in [0, 0.05) is 0 Å². The van der Waals surface area contributed by atoms with Crippen LogP contribution in [0.15, 0.2) is 6.20 Å². The molecule has 0 aliphatic rings. The average Bonchev–Trinajstić information content (AvgIpc) is 1.80. The van der Waals surface area contributed by atoms with E-state index in [0.717, 1.165) is 0 Å². The average molecular weight is 144 g/mol. The Morgan fingerprint density at radius 1 is 1.67 bits per heavy atom. The molecule has 9 heavy (non-hydrogen) atoms. The molecule has 0 atom stereocenters. The lowest BCUT2D eigenvalue weighted by molar-refractivity contribution is 1.13. The lowest BCUT2D eigenvalue weighted by Gasteiger charge is -1.94. The van der Waals surface area contributed by atoms with E-state index >= 15 is 0 Å². The first kappa shape index (κ1) is 6.29. The van der Waals surface area contributed by atoms with Crippen LogP contribution in [0.2, 0.25) is 5.15 Å². The van der Waals surface area contributed by atoms with Crippen molar-refractivity contribution in [3.8, 4) is 0 Å². The van der Waals surface area contributed by atoms with E-state index < -0.39 is 0 Å². The Morgan fingerprint density at radius 3 is 2.78 bits per heavy atom. The third kappa shape index (κ3) is 1.29. The van der Waals surface area contributed by atoms with Crippen LogP contribution in [0, 0.1) is 6.92 Å². The van der Waals surface area contributed by atoms with Gasteiger partial charge in [-0.3, -0.25) is 0 Å². The van der Waals surface area contributed by atoms with E-state index in [9.17, 15) is 0 Å². The summed E-state index contributed by atoms with van der Waals surface area (Å²) >= 11 is 5.55. The van der Waals surface area contributed by atoms with Crippen molar-refractivity contribution in [2.75, 3.05) is 5.73 Å². The second-order valence-electron chi connectivity index (χ2n) is 1.67. The number of rotatable bonds is 0. The van der Waals surface area contributed by atoms with Crippen LogP contribution in [0.1, 0.15) is 5.69 Å². The molecule has 4 heteroatoms. The number of halogens is 1. The van der Waals surface area contributed by atoms with Gasteiger partial charge in [0.1, 0.15) is 11.0 Å². The molecule has 48 valence electrons. The van der Waals surface area contributed by atoms with Gasteiger partial charge in [0.05, 0.1) is 11.9 Å². The van der Waals surface area contributed by atoms with Gasteiger partial charge in [0.25, 0.3) is 0 Å². The lowest BCUT2D eigenvalue weighted by Crippen LogP contribution is -1.93. The first-order valence-corrected chi connectivity index (χ1v) is 2.82. The van der Waals surface area contributed by atoms with Crippen LogP contribution >= 0.6 is 11.6 Å². The van der Waals surface area contributed by atoms with Gasteiger partial charge >= 0.3 is 0 Å². The second-order valence-corrected chi connectivity index (χ2v) is 2.03. The molecule has 1 aromatic heterocycles. The van der Waals surface area contributed by atoms with Gasteiger partial charge in [0.2, 0.25) is 0 Å². The van der Waals surface area contributed by atoms with Crippen molar-refractivity contribution in [3.63, 3.8) is 0 Å². The van der Waals surface area contributed by atoms with Crippen molar-refractivity contribution in [3.05, 3.63) is 17.0 Å². The van der Waals surface area contributed by atoms with E-state index in [0.29, 0.717) is 16.7 Å². The summed E-state index contributed by atoms with van der Waals surface area (Å²) < 4.78 is 0. The molecule has 0 spiro atoms. The second kappa shape index (κ2) is 2.19. The van der Waals surface area contributed by atoms with Gasteiger partial charge in [-0.25, -0.2) is 9.97 Å². The highest BCUT2D eigenvalue weighted by molar-refractivity contribution is 6.29. The Balaban J connectivity index is 3.17. The van der Waals surface area contributed by atoms with E-state index in [-0.39, 0.29) is 0 Å². The van der Waals surface area contributed by atoms with Crippen LogP contribution in [-0.4, -0.2) is 9.97 Å². The molecule has 0 aromatic carbocycles. The highest BCUT2D eigenvalue weighted by Crippen LogP contribution is 2.08. The minimum absolute atomic E-state index is 0.400. The van der Waals surface area contributed by atoms with Crippen LogP contribution in [0.5, 0.6) is 0 Å². The molecular formula is C5H6ClN3. The largest absolute Gasteiger partial charge is 0.382 e. The number of hydrogen-bond donors (Lipinski definition) is 1. The summed E-state index contributed by atoms with van der Waals surface area (Å²) in [5.74, 6) is 0.400. The van der Waals surface area contributed by atoms with Crippen molar-refractivity contribution < 1.29 is 0 Å². The van der Waals surface area contributed by atoms with E-state index in [1.165, 1.54) is 6.20 Å². The van der Waals surface area contributed by atoms with Gasteiger partial charge in [-0.05, 0) is 6.92 Å². The molecule has 0 aliphatic carbocycles. The summed E-state index contributed by atoms with van der Waals surface area (Å²) in [5.41, 5.74) is 5.96. The number of aromatic nitrogens is 2. The number of anilines is 1. The minimum atomic E-state index is 0.400. The van der Waals surface area contributed by atoms with Gasteiger partial charge in [0.15, 0.2) is 0 Å². The van der Waals surface area contributed by atoms with Crippen LogP contribution < -0.4 is 5.73 Å².